The van der Waals surface area contributed by atoms with Crippen molar-refractivity contribution in [3.05, 3.63) is 65.2 Å². The Morgan fingerprint density at radius 1 is 1.16 bits per heavy atom. The predicted molar refractivity (Wildman–Crippen MR) is 119 cm³/mol. The van der Waals surface area contributed by atoms with Crippen molar-refractivity contribution in [2.45, 2.75) is 32.8 Å². The number of carbonyl (C=O) groups is 2. The van der Waals surface area contributed by atoms with Gasteiger partial charge in [-0.25, -0.2) is 9.78 Å². The van der Waals surface area contributed by atoms with Gasteiger partial charge in [0, 0.05) is 24.1 Å². The maximum absolute atomic E-state index is 12.9. The van der Waals surface area contributed by atoms with E-state index in [2.05, 4.69) is 11.4 Å². The van der Waals surface area contributed by atoms with Crippen LogP contribution in [0.3, 0.4) is 0 Å². The van der Waals surface area contributed by atoms with Gasteiger partial charge < -0.3 is 14.8 Å². The minimum absolute atomic E-state index is 0.0455. The van der Waals surface area contributed by atoms with Gasteiger partial charge in [-0.05, 0) is 44.4 Å². The van der Waals surface area contributed by atoms with Crippen LogP contribution < -0.4 is 5.32 Å². The van der Waals surface area contributed by atoms with Crippen molar-refractivity contribution in [2.75, 3.05) is 19.8 Å². The molecule has 1 atom stereocenters. The van der Waals surface area contributed by atoms with Gasteiger partial charge in [0.05, 0.1) is 22.9 Å². The van der Waals surface area contributed by atoms with Crippen LogP contribution in [-0.2, 0) is 14.3 Å². The number of carbonyl (C=O) groups excluding carboxylic acids is 2. The monoisotopic (exact) mass is 418 g/mol. The number of nitrogens with zero attached hydrogens (tertiary/aromatic N) is 1. The summed E-state index contributed by atoms with van der Waals surface area (Å²) in [5, 5.41) is 3.46. The maximum atomic E-state index is 12.9. The number of ether oxygens (including phenoxy) is 2. The molecule has 4 rings (SSSR count). The third-order valence-corrected chi connectivity index (χ3v) is 5.48. The summed E-state index contributed by atoms with van der Waals surface area (Å²) in [6, 6.07) is 15.3. The first kappa shape index (κ1) is 21.0. The van der Waals surface area contributed by atoms with Crippen LogP contribution in [0.2, 0.25) is 0 Å². The first-order valence-corrected chi connectivity index (χ1v) is 10.5. The van der Waals surface area contributed by atoms with Crippen LogP contribution in [0.15, 0.2) is 48.5 Å². The number of para-hydroxylation sites is 1. The molecule has 31 heavy (non-hydrogen) atoms. The number of amides is 1. The number of fused-ring (bicyclic) bond motifs is 1. The molecule has 6 nitrogen and oxygen atoms in total. The number of aromatic nitrogens is 1. The third kappa shape index (κ3) is 4.91. The zero-order chi connectivity index (χ0) is 21.8. The Labute approximate surface area is 181 Å². The zero-order valence-electron chi connectivity index (χ0n) is 17.8. The fourth-order valence-electron chi connectivity index (χ4n) is 3.88. The number of pyridine rings is 1. The van der Waals surface area contributed by atoms with Gasteiger partial charge in [-0.15, -0.1) is 0 Å². The highest BCUT2D eigenvalue weighted by atomic mass is 16.5. The van der Waals surface area contributed by atoms with Crippen molar-refractivity contribution >= 4 is 22.8 Å². The van der Waals surface area contributed by atoms with Crippen LogP contribution in [0.25, 0.3) is 22.2 Å². The summed E-state index contributed by atoms with van der Waals surface area (Å²) in [6.45, 7) is 4.90. The van der Waals surface area contributed by atoms with Crippen LogP contribution >= 0.6 is 0 Å². The number of hydrogen-bond acceptors (Lipinski definition) is 5. The van der Waals surface area contributed by atoms with E-state index in [-0.39, 0.29) is 18.6 Å². The van der Waals surface area contributed by atoms with Gasteiger partial charge in [-0.3, -0.25) is 4.79 Å². The molecule has 0 spiro atoms. The van der Waals surface area contributed by atoms with Crippen LogP contribution in [0.5, 0.6) is 0 Å². The van der Waals surface area contributed by atoms with Gasteiger partial charge in [0.1, 0.15) is 0 Å². The van der Waals surface area contributed by atoms with E-state index in [1.165, 1.54) is 0 Å². The molecule has 1 fully saturated rings. The van der Waals surface area contributed by atoms with Crippen LogP contribution in [0.4, 0.5) is 0 Å². The Morgan fingerprint density at radius 3 is 2.77 bits per heavy atom. The smallest absolute Gasteiger partial charge is 0.339 e. The van der Waals surface area contributed by atoms with E-state index in [0.717, 1.165) is 36.1 Å². The molecule has 6 heteroatoms. The van der Waals surface area contributed by atoms with Crippen LogP contribution in [0, 0.1) is 13.8 Å². The summed E-state index contributed by atoms with van der Waals surface area (Å²) >= 11 is 0. The topological polar surface area (TPSA) is 77.5 Å². The quantitative estimate of drug-likeness (QED) is 0.613. The molecular weight excluding hydrogens is 392 g/mol. The molecule has 1 aliphatic rings. The van der Waals surface area contributed by atoms with Gasteiger partial charge in [-0.1, -0.05) is 42.0 Å². The van der Waals surface area contributed by atoms with Crippen molar-refractivity contribution in [1.29, 1.82) is 0 Å². The first-order chi connectivity index (χ1) is 15.0. The van der Waals surface area contributed by atoms with Crippen LogP contribution in [0.1, 0.15) is 34.3 Å². The lowest BCUT2D eigenvalue weighted by molar-refractivity contribution is -0.124. The van der Waals surface area contributed by atoms with Gasteiger partial charge >= 0.3 is 5.97 Å². The average molecular weight is 418 g/mol. The third-order valence-electron chi connectivity index (χ3n) is 5.48. The fourth-order valence-corrected chi connectivity index (χ4v) is 3.88. The Kier molecular flexibility index (Phi) is 6.28. The summed E-state index contributed by atoms with van der Waals surface area (Å²) < 4.78 is 10.8. The van der Waals surface area contributed by atoms with E-state index in [1.807, 2.05) is 50.2 Å². The van der Waals surface area contributed by atoms with Crippen molar-refractivity contribution in [3.8, 4) is 11.3 Å². The molecule has 1 amide bonds. The second-order valence-electron chi connectivity index (χ2n) is 7.91. The second-order valence-corrected chi connectivity index (χ2v) is 7.91. The minimum atomic E-state index is -0.545. The number of nitrogens with one attached hydrogen (secondary N) is 1. The van der Waals surface area contributed by atoms with Crippen molar-refractivity contribution < 1.29 is 19.1 Å². The standard InChI is InChI=1S/C25H26N2O4/c1-16-9-10-19(17(2)12-16)23-13-21(20-7-3-4-8-22(20)27-23)25(29)31-15-24(28)26-14-18-6-5-11-30-18/h3-4,7-10,12-13,18H,5-6,11,14-15H2,1-2H3,(H,26,28). The average Bonchev–Trinajstić information content (AvgIpc) is 3.29. The van der Waals surface area contributed by atoms with Crippen LogP contribution in [-0.4, -0.2) is 42.7 Å². The lowest BCUT2D eigenvalue weighted by Crippen LogP contribution is -2.34. The number of esters is 1. The van der Waals surface area contributed by atoms with Crippen molar-refractivity contribution in [3.63, 3.8) is 0 Å². The number of aryl methyl sites for hydroxylation is 2. The molecule has 0 saturated carbocycles. The Bertz CT molecular complexity index is 1120. The molecule has 2 heterocycles. The van der Waals surface area contributed by atoms with E-state index in [9.17, 15) is 9.59 Å². The minimum Gasteiger partial charge on any atom is -0.452 e. The summed E-state index contributed by atoms with van der Waals surface area (Å²) in [5.41, 5.74) is 5.00. The molecule has 1 aromatic heterocycles. The van der Waals surface area contributed by atoms with E-state index in [4.69, 9.17) is 14.5 Å². The zero-order valence-corrected chi connectivity index (χ0v) is 17.8. The molecule has 0 bridgehead atoms. The lowest BCUT2D eigenvalue weighted by atomic mass is 9.99. The molecule has 1 aliphatic heterocycles. The van der Waals surface area contributed by atoms with Gasteiger partial charge in [0.15, 0.2) is 6.61 Å². The summed E-state index contributed by atoms with van der Waals surface area (Å²) in [6.07, 6.45) is 1.99. The lowest BCUT2D eigenvalue weighted by Gasteiger charge is -2.13. The van der Waals surface area contributed by atoms with E-state index in [1.54, 1.807) is 6.07 Å². The molecule has 3 aromatic rings. The summed E-state index contributed by atoms with van der Waals surface area (Å²) in [7, 11) is 0. The predicted octanol–water partition coefficient (Wildman–Crippen LogP) is 3.97. The van der Waals surface area contributed by atoms with Gasteiger partial charge in [0.2, 0.25) is 0 Å². The Hall–Kier alpha value is -3.25. The van der Waals surface area contributed by atoms with Gasteiger partial charge in [0.25, 0.3) is 5.91 Å². The molecule has 1 N–H and O–H groups in total. The van der Waals surface area contributed by atoms with Crippen molar-refractivity contribution in [1.82, 2.24) is 10.3 Å². The highest BCUT2D eigenvalue weighted by molar-refractivity contribution is 6.05. The first-order valence-electron chi connectivity index (χ1n) is 10.5. The van der Waals surface area contributed by atoms with E-state index >= 15 is 0 Å². The highest BCUT2D eigenvalue weighted by Gasteiger charge is 2.19. The molecular formula is C25H26N2O4. The summed E-state index contributed by atoms with van der Waals surface area (Å²) in [5.74, 6) is -0.881. The maximum Gasteiger partial charge on any atom is 0.339 e. The normalized spacial score (nSPS) is 15.7. The number of hydrogen-bond donors (Lipinski definition) is 1. The fraction of sp³-hybridized carbons (Fsp3) is 0.320. The number of benzene rings is 2. The van der Waals surface area contributed by atoms with Gasteiger partial charge in [-0.2, -0.15) is 0 Å². The largest absolute Gasteiger partial charge is 0.452 e. The molecule has 1 saturated heterocycles. The Morgan fingerprint density at radius 2 is 2.00 bits per heavy atom. The molecule has 0 aliphatic carbocycles. The summed E-state index contributed by atoms with van der Waals surface area (Å²) in [4.78, 5) is 29.7. The Balaban J connectivity index is 1.54. The highest BCUT2D eigenvalue weighted by Crippen LogP contribution is 2.28. The molecule has 0 radical (unpaired) electrons. The van der Waals surface area contributed by atoms with Crippen molar-refractivity contribution in [2.24, 2.45) is 0 Å². The number of rotatable bonds is 6. The molecule has 1 unspecified atom stereocenters. The molecule has 2 aromatic carbocycles. The molecule has 160 valence electrons. The van der Waals surface area contributed by atoms with E-state index in [0.29, 0.717) is 28.7 Å². The second kappa shape index (κ2) is 9.27. The van der Waals surface area contributed by atoms with E-state index < -0.39 is 5.97 Å². The SMILES string of the molecule is Cc1ccc(-c2cc(C(=O)OCC(=O)NCC3CCCO3)c3ccccc3n2)c(C)c1.